The molecule has 4 nitrogen and oxygen atoms in total. The maximum Gasteiger partial charge on any atom is 0.241 e. The number of ether oxygens (including phenoxy) is 1. The molecule has 0 aliphatic rings. The summed E-state index contributed by atoms with van der Waals surface area (Å²) in [7, 11) is 0. The number of benzene rings is 2. The first-order valence-corrected chi connectivity index (χ1v) is 8.27. The van der Waals surface area contributed by atoms with Crippen LogP contribution in [0.25, 0.3) is 0 Å². The standard InChI is InChI=1S/C18H21BrN2O2.ClH/c1-12-6-8-14(9-7-12)17(20)18(22)21-11-13(2)23-16-5-3-4-15(19)10-16;/h3-10,13,17H,11,20H2,1-2H3,(H,21,22);1H. The quantitative estimate of drug-likeness (QED) is 0.758. The first kappa shape index (κ1) is 20.5. The molecule has 0 fully saturated rings. The maximum absolute atomic E-state index is 12.1. The Kier molecular flexibility index (Phi) is 8.25. The third kappa shape index (κ3) is 6.15. The largest absolute Gasteiger partial charge is 0.489 e. The Bertz CT molecular complexity index is 664. The summed E-state index contributed by atoms with van der Waals surface area (Å²) >= 11 is 3.40. The lowest BCUT2D eigenvalue weighted by atomic mass is 10.1. The van der Waals surface area contributed by atoms with Gasteiger partial charge < -0.3 is 15.8 Å². The van der Waals surface area contributed by atoms with Gasteiger partial charge in [0.2, 0.25) is 5.91 Å². The summed E-state index contributed by atoms with van der Waals surface area (Å²) in [6.45, 7) is 4.29. The molecule has 0 bridgehead atoms. The van der Waals surface area contributed by atoms with E-state index in [1.165, 1.54) is 0 Å². The molecule has 0 saturated carbocycles. The van der Waals surface area contributed by atoms with E-state index in [0.717, 1.165) is 21.3 Å². The molecule has 0 heterocycles. The Morgan fingerprint density at radius 1 is 1.25 bits per heavy atom. The monoisotopic (exact) mass is 412 g/mol. The number of aryl methyl sites for hydroxylation is 1. The molecular formula is C18H22BrClN2O2. The van der Waals surface area contributed by atoms with E-state index in [1.807, 2.05) is 62.4 Å². The lowest BCUT2D eigenvalue weighted by Crippen LogP contribution is -2.39. The average Bonchev–Trinajstić information content (AvgIpc) is 2.52. The van der Waals surface area contributed by atoms with E-state index < -0.39 is 6.04 Å². The van der Waals surface area contributed by atoms with Crippen molar-refractivity contribution in [3.8, 4) is 5.75 Å². The fraction of sp³-hybridized carbons (Fsp3) is 0.278. The minimum absolute atomic E-state index is 0. The highest BCUT2D eigenvalue weighted by Crippen LogP contribution is 2.18. The predicted molar refractivity (Wildman–Crippen MR) is 103 cm³/mol. The second kappa shape index (κ2) is 9.67. The van der Waals surface area contributed by atoms with Crippen LogP contribution < -0.4 is 15.8 Å². The van der Waals surface area contributed by atoms with E-state index in [-0.39, 0.29) is 24.4 Å². The van der Waals surface area contributed by atoms with E-state index in [0.29, 0.717) is 6.54 Å². The van der Waals surface area contributed by atoms with Crippen LogP contribution in [0.1, 0.15) is 24.1 Å². The lowest BCUT2D eigenvalue weighted by Gasteiger charge is -2.18. The summed E-state index contributed by atoms with van der Waals surface area (Å²) < 4.78 is 6.71. The van der Waals surface area contributed by atoms with Gasteiger partial charge >= 0.3 is 0 Å². The van der Waals surface area contributed by atoms with E-state index in [9.17, 15) is 4.79 Å². The minimum atomic E-state index is -0.673. The topological polar surface area (TPSA) is 64.4 Å². The zero-order valence-corrected chi connectivity index (χ0v) is 16.1. The molecule has 0 aliphatic heterocycles. The number of nitrogens with one attached hydrogen (secondary N) is 1. The molecule has 0 aromatic heterocycles. The average molecular weight is 414 g/mol. The van der Waals surface area contributed by atoms with Crippen molar-refractivity contribution in [1.82, 2.24) is 5.32 Å². The van der Waals surface area contributed by atoms with Crippen LogP contribution in [0, 0.1) is 6.92 Å². The highest BCUT2D eigenvalue weighted by atomic mass is 79.9. The summed E-state index contributed by atoms with van der Waals surface area (Å²) in [5.74, 6) is 0.544. The number of nitrogens with two attached hydrogens (primary N) is 1. The van der Waals surface area contributed by atoms with Crippen molar-refractivity contribution in [2.75, 3.05) is 6.54 Å². The highest BCUT2D eigenvalue weighted by molar-refractivity contribution is 9.10. The third-order valence-electron chi connectivity index (χ3n) is 3.42. The molecule has 0 radical (unpaired) electrons. The molecule has 0 saturated heterocycles. The number of halogens is 2. The van der Waals surface area contributed by atoms with Crippen molar-refractivity contribution < 1.29 is 9.53 Å². The van der Waals surface area contributed by atoms with Gasteiger partial charge in [0.05, 0.1) is 6.54 Å². The Morgan fingerprint density at radius 2 is 1.92 bits per heavy atom. The molecule has 2 atom stereocenters. The molecule has 24 heavy (non-hydrogen) atoms. The van der Waals surface area contributed by atoms with Gasteiger partial charge in [-0.05, 0) is 37.6 Å². The molecule has 2 aromatic carbocycles. The van der Waals surface area contributed by atoms with Gasteiger partial charge in [-0.25, -0.2) is 0 Å². The number of hydrogen-bond acceptors (Lipinski definition) is 3. The Balaban J connectivity index is 0.00000288. The lowest BCUT2D eigenvalue weighted by molar-refractivity contribution is -0.122. The normalized spacial score (nSPS) is 12.7. The van der Waals surface area contributed by atoms with Crippen molar-refractivity contribution in [2.45, 2.75) is 26.0 Å². The molecule has 0 aliphatic carbocycles. The van der Waals surface area contributed by atoms with Gasteiger partial charge in [-0.15, -0.1) is 12.4 Å². The SMILES string of the molecule is Cc1ccc(C(N)C(=O)NCC(C)Oc2cccc(Br)c2)cc1.Cl. The number of rotatable bonds is 6. The summed E-state index contributed by atoms with van der Waals surface area (Å²) in [6.07, 6.45) is -0.154. The Labute approximate surface area is 157 Å². The summed E-state index contributed by atoms with van der Waals surface area (Å²) in [6, 6.07) is 14.6. The highest BCUT2D eigenvalue weighted by Gasteiger charge is 2.16. The van der Waals surface area contributed by atoms with Crippen molar-refractivity contribution in [1.29, 1.82) is 0 Å². The first-order chi connectivity index (χ1) is 11.0. The van der Waals surface area contributed by atoms with Crippen LogP contribution in [-0.2, 0) is 4.79 Å². The van der Waals surface area contributed by atoms with Crippen LogP contribution in [0.5, 0.6) is 5.75 Å². The molecule has 6 heteroatoms. The summed E-state index contributed by atoms with van der Waals surface area (Å²) in [5.41, 5.74) is 7.92. The van der Waals surface area contributed by atoms with Gasteiger partial charge in [-0.1, -0.05) is 51.8 Å². The molecular weight excluding hydrogens is 392 g/mol. The molecule has 3 N–H and O–H groups in total. The Morgan fingerprint density at radius 3 is 2.54 bits per heavy atom. The number of carbonyl (C=O) groups is 1. The Hall–Kier alpha value is -1.56. The van der Waals surface area contributed by atoms with Gasteiger partial charge in [-0.3, -0.25) is 4.79 Å². The van der Waals surface area contributed by atoms with Gasteiger partial charge in [0.25, 0.3) is 0 Å². The molecule has 1 amide bonds. The van der Waals surface area contributed by atoms with Gasteiger partial charge in [-0.2, -0.15) is 0 Å². The zero-order chi connectivity index (χ0) is 16.8. The van der Waals surface area contributed by atoms with E-state index in [4.69, 9.17) is 10.5 Å². The van der Waals surface area contributed by atoms with Crippen LogP contribution in [0.15, 0.2) is 53.0 Å². The minimum Gasteiger partial charge on any atom is -0.489 e. The van der Waals surface area contributed by atoms with E-state index >= 15 is 0 Å². The fourth-order valence-corrected chi connectivity index (χ4v) is 2.47. The van der Waals surface area contributed by atoms with Gasteiger partial charge in [0.1, 0.15) is 17.9 Å². The van der Waals surface area contributed by atoms with Crippen LogP contribution in [0.3, 0.4) is 0 Å². The summed E-state index contributed by atoms with van der Waals surface area (Å²) in [5, 5.41) is 2.83. The summed E-state index contributed by atoms with van der Waals surface area (Å²) in [4.78, 5) is 12.1. The fourth-order valence-electron chi connectivity index (χ4n) is 2.09. The number of carbonyl (C=O) groups excluding carboxylic acids is 1. The third-order valence-corrected chi connectivity index (χ3v) is 3.91. The van der Waals surface area contributed by atoms with Crippen LogP contribution in [-0.4, -0.2) is 18.6 Å². The molecule has 2 unspecified atom stereocenters. The van der Waals surface area contributed by atoms with E-state index in [1.54, 1.807) is 0 Å². The zero-order valence-electron chi connectivity index (χ0n) is 13.7. The van der Waals surface area contributed by atoms with Crippen molar-refractivity contribution in [2.24, 2.45) is 5.73 Å². The molecule has 0 spiro atoms. The molecule has 130 valence electrons. The maximum atomic E-state index is 12.1. The second-order valence-corrected chi connectivity index (χ2v) is 6.44. The van der Waals surface area contributed by atoms with Crippen LogP contribution >= 0.6 is 28.3 Å². The van der Waals surface area contributed by atoms with Gasteiger partial charge in [0, 0.05) is 4.47 Å². The van der Waals surface area contributed by atoms with Crippen molar-refractivity contribution in [3.05, 3.63) is 64.1 Å². The number of hydrogen-bond donors (Lipinski definition) is 2. The van der Waals surface area contributed by atoms with Gasteiger partial charge in [0.15, 0.2) is 0 Å². The predicted octanol–water partition coefficient (Wildman–Crippen LogP) is 3.76. The number of amides is 1. The smallest absolute Gasteiger partial charge is 0.241 e. The van der Waals surface area contributed by atoms with Crippen LogP contribution in [0.2, 0.25) is 0 Å². The molecule has 2 aromatic rings. The van der Waals surface area contributed by atoms with Crippen LogP contribution in [0.4, 0.5) is 0 Å². The second-order valence-electron chi connectivity index (χ2n) is 5.52. The van der Waals surface area contributed by atoms with E-state index in [2.05, 4.69) is 21.2 Å². The molecule has 2 rings (SSSR count). The van der Waals surface area contributed by atoms with Crippen molar-refractivity contribution in [3.63, 3.8) is 0 Å². The van der Waals surface area contributed by atoms with Crippen molar-refractivity contribution >= 4 is 34.2 Å². The first-order valence-electron chi connectivity index (χ1n) is 7.48.